The molecule has 1 unspecified atom stereocenters. The van der Waals surface area contributed by atoms with E-state index in [0.717, 1.165) is 59.0 Å². The van der Waals surface area contributed by atoms with Crippen molar-refractivity contribution in [2.45, 2.75) is 43.2 Å². The van der Waals surface area contributed by atoms with Crippen LogP contribution in [0.15, 0.2) is 59.6 Å². The van der Waals surface area contributed by atoms with E-state index in [1.807, 2.05) is 36.4 Å². The number of aromatic nitrogens is 1. The van der Waals surface area contributed by atoms with Crippen LogP contribution in [-0.4, -0.2) is 53.5 Å². The Morgan fingerprint density at radius 2 is 2.11 bits per heavy atom. The fourth-order valence-electron chi connectivity index (χ4n) is 5.29. The molecule has 2 heterocycles. The van der Waals surface area contributed by atoms with Gasteiger partial charge in [-0.05, 0) is 92.1 Å². The highest BCUT2D eigenvalue weighted by molar-refractivity contribution is 7.99. The third-order valence-electron chi connectivity index (χ3n) is 7.29. The first-order valence-corrected chi connectivity index (χ1v) is 14.2. The highest BCUT2D eigenvalue weighted by Crippen LogP contribution is 2.36. The lowest BCUT2D eigenvalue weighted by atomic mass is 9.79. The van der Waals surface area contributed by atoms with Crippen molar-refractivity contribution in [1.82, 2.24) is 9.88 Å². The first-order valence-electron chi connectivity index (χ1n) is 12.8. The van der Waals surface area contributed by atoms with E-state index in [4.69, 9.17) is 16.3 Å². The lowest BCUT2D eigenvalue weighted by molar-refractivity contribution is -0.137. The van der Waals surface area contributed by atoms with Gasteiger partial charge in [0, 0.05) is 46.8 Å². The van der Waals surface area contributed by atoms with Crippen molar-refractivity contribution in [2.24, 2.45) is 11.8 Å². The number of hydrogen-bond donors (Lipinski definition) is 1. The van der Waals surface area contributed by atoms with Crippen LogP contribution in [0.2, 0.25) is 5.02 Å². The smallest absolute Gasteiger partial charge is 0.303 e. The molecule has 0 radical (unpaired) electrons. The number of thioether (sulfide) groups is 1. The number of halogens is 2. The number of piperidine rings is 1. The molecule has 0 bridgehead atoms. The number of pyridine rings is 1. The summed E-state index contributed by atoms with van der Waals surface area (Å²) in [6, 6.07) is 15.2. The van der Waals surface area contributed by atoms with Gasteiger partial charge in [-0.3, -0.25) is 9.78 Å². The van der Waals surface area contributed by atoms with Gasteiger partial charge in [-0.25, -0.2) is 4.39 Å². The van der Waals surface area contributed by atoms with Crippen molar-refractivity contribution in [3.63, 3.8) is 0 Å². The number of carboxylic acids is 1. The van der Waals surface area contributed by atoms with Gasteiger partial charge >= 0.3 is 5.97 Å². The summed E-state index contributed by atoms with van der Waals surface area (Å²) < 4.78 is 20.9. The molecular formula is C29H34ClFN2O3S. The molecule has 3 atom stereocenters. The number of carbonyl (C=O) groups is 1. The fraction of sp³-hybridized carbons (Fsp3) is 0.448. The molecule has 5 nitrogen and oxygen atoms in total. The molecule has 1 N–H and O–H groups in total. The molecule has 1 aliphatic heterocycles. The highest BCUT2D eigenvalue weighted by atomic mass is 35.5. The van der Waals surface area contributed by atoms with Crippen molar-refractivity contribution < 1.29 is 19.0 Å². The van der Waals surface area contributed by atoms with Gasteiger partial charge in [0.2, 0.25) is 0 Å². The quantitative estimate of drug-likeness (QED) is 0.242. The summed E-state index contributed by atoms with van der Waals surface area (Å²) in [5.74, 6) is 1.43. The van der Waals surface area contributed by atoms with Crippen LogP contribution in [0.3, 0.4) is 0 Å². The summed E-state index contributed by atoms with van der Waals surface area (Å²) in [5.41, 5.74) is 1.39. The van der Waals surface area contributed by atoms with E-state index < -0.39 is 12.1 Å². The Morgan fingerprint density at radius 1 is 1.24 bits per heavy atom. The predicted molar refractivity (Wildman–Crippen MR) is 148 cm³/mol. The third kappa shape index (κ3) is 7.82. The van der Waals surface area contributed by atoms with Gasteiger partial charge in [0.25, 0.3) is 0 Å². The number of likely N-dealkylation sites (tertiary alicyclic amines) is 1. The fourth-order valence-corrected chi connectivity index (χ4v) is 6.51. The van der Waals surface area contributed by atoms with Crippen LogP contribution >= 0.6 is 23.4 Å². The maximum atomic E-state index is 15.5. The number of aliphatic carboxylic acids is 1. The molecule has 0 saturated carbocycles. The SMILES string of the molecule is COc1ccc2nccc(C(F)CC[C@@H]3CCN(CCSc4cccc(Cl)c4)C[C@@H]3CCC(=O)O)c2c1. The Bertz CT molecular complexity index is 1200. The zero-order chi connectivity index (χ0) is 26.2. The molecule has 3 aromatic rings. The Morgan fingerprint density at radius 3 is 2.89 bits per heavy atom. The Labute approximate surface area is 227 Å². The maximum Gasteiger partial charge on any atom is 0.303 e. The molecule has 0 spiro atoms. The van der Waals surface area contributed by atoms with Crippen LogP contribution in [-0.2, 0) is 4.79 Å². The third-order valence-corrected chi connectivity index (χ3v) is 8.50. The summed E-state index contributed by atoms with van der Waals surface area (Å²) in [6.07, 6.45) is 3.45. The molecule has 198 valence electrons. The van der Waals surface area contributed by atoms with E-state index in [0.29, 0.717) is 30.1 Å². The highest BCUT2D eigenvalue weighted by Gasteiger charge is 2.30. The van der Waals surface area contributed by atoms with Gasteiger partial charge in [-0.15, -0.1) is 11.8 Å². The molecule has 1 fully saturated rings. The van der Waals surface area contributed by atoms with Crippen molar-refractivity contribution in [3.8, 4) is 5.75 Å². The monoisotopic (exact) mass is 544 g/mol. The molecule has 8 heteroatoms. The Kier molecular flexibility index (Phi) is 10.1. The topological polar surface area (TPSA) is 62.7 Å². The second kappa shape index (κ2) is 13.4. The molecule has 0 amide bonds. The average molecular weight is 545 g/mol. The van der Waals surface area contributed by atoms with E-state index in [-0.39, 0.29) is 12.3 Å². The Hall–Kier alpha value is -2.35. The number of hydrogen-bond acceptors (Lipinski definition) is 5. The van der Waals surface area contributed by atoms with Crippen LogP contribution < -0.4 is 4.74 Å². The Balaban J connectivity index is 1.35. The number of fused-ring (bicyclic) bond motifs is 1. The van der Waals surface area contributed by atoms with Crippen molar-refractivity contribution >= 4 is 40.2 Å². The van der Waals surface area contributed by atoms with Crippen LogP contribution in [0.25, 0.3) is 10.9 Å². The lowest BCUT2D eigenvalue weighted by Crippen LogP contribution is -2.41. The zero-order valence-corrected chi connectivity index (χ0v) is 22.7. The molecule has 0 aliphatic carbocycles. The normalized spacial score (nSPS) is 19.1. The molecule has 37 heavy (non-hydrogen) atoms. The van der Waals surface area contributed by atoms with Crippen LogP contribution in [0, 0.1) is 11.8 Å². The van der Waals surface area contributed by atoms with Gasteiger partial charge < -0.3 is 14.7 Å². The number of benzene rings is 2. The van der Waals surface area contributed by atoms with E-state index in [1.165, 1.54) is 0 Å². The molecule has 1 aliphatic rings. The first-order chi connectivity index (χ1) is 17.9. The first kappa shape index (κ1) is 27.7. The number of rotatable bonds is 12. The minimum Gasteiger partial charge on any atom is -0.497 e. The van der Waals surface area contributed by atoms with Gasteiger partial charge in [0.15, 0.2) is 0 Å². The summed E-state index contributed by atoms with van der Waals surface area (Å²) in [5, 5.41) is 10.8. The number of methoxy groups -OCH3 is 1. The largest absolute Gasteiger partial charge is 0.497 e. The van der Waals surface area contributed by atoms with Crippen LogP contribution in [0.1, 0.15) is 43.8 Å². The van der Waals surface area contributed by atoms with Gasteiger partial charge in [0.05, 0.1) is 12.6 Å². The van der Waals surface area contributed by atoms with E-state index in [2.05, 4.69) is 16.0 Å². The van der Waals surface area contributed by atoms with Gasteiger partial charge in [-0.2, -0.15) is 0 Å². The van der Waals surface area contributed by atoms with Crippen molar-refractivity contribution in [1.29, 1.82) is 0 Å². The maximum absolute atomic E-state index is 15.5. The van der Waals surface area contributed by atoms with Crippen LogP contribution in [0.5, 0.6) is 5.75 Å². The molecule has 1 aromatic heterocycles. The predicted octanol–water partition coefficient (Wildman–Crippen LogP) is 7.28. The van der Waals surface area contributed by atoms with Gasteiger partial charge in [-0.1, -0.05) is 17.7 Å². The minimum absolute atomic E-state index is 0.153. The van der Waals surface area contributed by atoms with E-state index >= 15 is 4.39 Å². The minimum atomic E-state index is -1.11. The molecule has 1 saturated heterocycles. The number of ether oxygens (including phenoxy) is 1. The lowest BCUT2D eigenvalue weighted by Gasteiger charge is -2.39. The number of carboxylic acid groups (broad SMARTS) is 1. The van der Waals surface area contributed by atoms with E-state index in [9.17, 15) is 9.90 Å². The second-order valence-electron chi connectivity index (χ2n) is 9.68. The van der Waals surface area contributed by atoms with Crippen molar-refractivity contribution in [3.05, 3.63) is 65.3 Å². The average Bonchev–Trinajstić information content (AvgIpc) is 2.90. The summed E-state index contributed by atoms with van der Waals surface area (Å²) in [7, 11) is 1.60. The number of nitrogens with zero attached hydrogens (tertiary/aromatic N) is 2. The van der Waals surface area contributed by atoms with Gasteiger partial charge in [0.1, 0.15) is 11.9 Å². The standard InChI is InChI=1S/C29H34ClFN2O3S/c1-36-23-7-9-28-26(18-23)25(11-13-32-28)27(31)8-5-20-12-14-33(19-21(20)6-10-29(34)35)15-16-37-24-4-2-3-22(30)17-24/h2-4,7,9,11,13,17-18,20-21,27H,5-6,8,10,12,14-16,19H2,1H3,(H,34,35)/t20-,21+,27?/m1/s1. The summed E-state index contributed by atoms with van der Waals surface area (Å²) >= 11 is 7.87. The summed E-state index contributed by atoms with van der Waals surface area (Å²) in [6.45, 7) is 2.75. The molecule has 2 aromatic carbocycles. The molecule has 4 rings (SSSR count). The van der Waals surface area contributed by atoms with Crippen molar-refractivity contribution in [2.75, 3.05) is 32.5 Å². The zero-order valence-electron chi connectivity index (χ0n) is 21.1. The molecular weight excluding hydrogens is 511 g/mol. The summed E-state index contributed by atoms with van der Waals surface area (Å²) in [4.78, 5) is 19.3. The number of alkyl halides is 1. The second-order valence-corrected chi connectivity index (χ2v) is 11.3. The van der Waals surface area contributed by atoms with E-state index in [1.54, 1.807) is 31.1 Å². The van der Waals surface area contributed by atoms with Crippen LogP contribution in [0.4, 0.5) is 4.39 Å².